The van der Waals surface area contributed by atoms with Gasteiger partial charge in [-0.2, -0.15) is 0 Å². The molecule has 1 fully saturated rings. The third kappa shape index (κ3) is 4.75. The largest absolute Gasteiger partial charge is 0.325 e. The molecule has 4 aromatic rings. The molecule has 11 heteroatoms. The van der Waals surface area contributed by atoms with Crippen LogP contribution < -0.4 is 15.1 Å². The molecular formula is C28H19BrClN3O4S2. The SMILES string of the molecule is O=C(Cn1c2c(sc1=O)[C@H](c1cccc(Br)c1)C1C(=O)N(c3ccccc3)C(=O)C1S2)Nc1ccc(Cl)cc1. The minimum Gasteiger partial charge on any atom is -0.325 e. The molecule has 196 valence electrons. The Labute approximate surface area is 244 Å². The van der Waals surface area contributed by atoms with Crippen LogP contribution in [0.25, 0.3) is 0 Å². The van der Waals surface area contributed by atoms with Crippen molar-refractivity contribution in [3.63, 3.8) is 0 Å². The lowest BCUT2D eigenvalue weighted by atomic mass is 9.83. The summed E-state index contributed by atoms with van der Waals surface area (Å²) in [6.07, 6.45) is 0. The lowest BCUT2D eigenvalue weighted by molar-refractivity contribution is -0.122. The van der Waals surface area contributed by atoms with Crippen molar-refractivity contribution in [2.24, 2.45) is 5.92 Å². The number of imide groups is 1. The topological polar surface area (TPSA) is 88.5 Å². The molecule has 1 N–H and O–H groups in total. The van der Waals surface area contributed by atoms with E-state index >= 15 is 0 Å². The maximum atomic E-state index is 13.9. The van der Waals surface area contributed by atoms with Gasteiger partial charge in [-0.15, -0.1) is 0 Å². The summed E-state index contributed by atoms with van der Waals surface area (Å²) in [5.74, 6) is -2.23. The molecule has 3 aromatic carbocycles. The summed E-state index contributed by atoms with van der Waals surface area (Å²) >= 11 is 11.7. The first-order chi connectivity index (χ1) is 18.8. The fourth-order valence-corrected chi connectivity index (χ4v) is 8.34. The van der Waals surface area contributed by atoms with Crippen LogP contribution in [0.15, 0.2) is 93.2 Å². The summed E-state index contributed by atoms with van der Waals surface area (Å²) in [5, 5.41) is 3.13. The predicted molar refractivity (Wildman–Crippen MR) is 157 cm³/mol. The third-order valence-electron chi connectivity index (χ3n) is 6.70. The maximum Gasteiger partial charge on any atom is 0.308 e. The monoisotopic (exact) mass is 639 g/mol. The molecule has 1 saturated heterocycles. The van der Waals surface area contributed by atoms with Crippen molar-refractivity contribution in [1.29, 1.82) is 0 Å². The van der Waals surface area contributed by atoms with Gasteiger partial charge in [-0.1, -0.05) is 81.0 Å². The zero-order valence-corrected chi connectivity index (χ0v) is 24.0. The van der Waals surface area contributed by atoms with Crippen LogP contribution in [0.4, 0.5) is 11.4 Å². The number of para-hydroxylation sites is 1. The van der Waals surface area contributed by atoms with Crippen LogP contribution in [-0.4, -0.2) is 27.5 Å². The minimum absolute atomic E-state index is 0.229. The van der Waals surface area contributed by atoms with E-state index in [1.165, 1.54) is 21.2 Å². The molecule has 2 aliphatic heterocycles. The average molecular weight is 641 g/mol. The van der Waals surface area contributed by atoms with Gasteiger partial charge in [0, 0.05) is 26.0 Å². The minimum atomic E-state index is -0.742. The van der Waals surface area contributed by atoms with E-state index in [4.69, 9.17) is 11.6 Å². The summed E-state index contributed by atoms with van der Waals surface area (Å²) in [4.78, 5) is 55.3. The van der Waals surface area contributed by atoms with Gasteiger partial charge in [-0.3, -0.25) is 23.7 Å². The van der Waals surface area contributed by atoms with Crippen molar-refractivity contribution < 1.29 is 14.4 Å². The first kappa shape index (κ1) is 26.1. The quantitative estimate of drug-likeness (QED) is 0.280. The summed E-state index contributed by atoms with van der Waals surface area (Å²) < 4.78 is 2.22. The molecule has 3 atom stereocenters. The molecule has 2 unspecified atom stereocenters. The normalized spacial score (nSPS) is 20.1. The molecule has 6 rings (SSSR count). The number of carbonyl (C=O) groups is 3. The number of hydrogen-bond acceptors (Lipinski definition) is 6. The van der Waals surface area contributed by atoms with Crippen LogP contribution in [0, 0.1) is 5.92 Å². The number of benzene rings is 3. The van der Waals surface area contributed by atoms with Gasteiger partial charge in [0.1, 0.15) is 11.8 Å². The van der Waals surface area contributed by atoms with Crippen molar-refractivity contribution in [3.05, 3.63) is 108 Å². The number of thiazole rings is 1. The zero-order chi connectivity index (χ0) is 27.3. The van der Waals surface area contributed by atoms with Crippen molar-refractivity contribution in [2.45, 2.75) is 22.7 Å². The number of rotatable bonds is 5. The van der Waals surface area contributed by atoms with E-state index in [-0.39, 0.29) is 29.1 Å². The lowest BCUT2D eigenvalue weighted by Gasteiger charge is -2.30. The maximum absolute atomic E-state index is 13.9. The van der Waals surface area contributed by atoms with Crippen LogP contribution >= 0.6 is 50.6 Å². The molecule has 3 heterocycles. The van der Waals surface area contributed by atoms with Crippen LogP contribution in [0.1, 0.15) is 16.4 Å². The molecule has 7 nitrogen and oxygen atoms in total. The summed E-state index contributed by atoms with van der Waals surface area (Å²) in [5.41, 5.74) is 1.88. The van der Waals surface area contributed by atoms with Crippen molar-refractivity contribution in [2.75, 3.05) is 10.2 Å². The van der Waals surface area contributed by atoms with Gasteiger partial charge in [0.05, 0.1) is 16.6 Å². The van der Waals surface area contributed by atoms with Crippen molar-refractivity contribution in [1.82, 2.24) is 4.57 Å². The van der Waals surface area contributed by atoms with E-state index in [1.54, 1.807) is 48.5 Å². The van der Waals surface area contributed by atoms with E-state index in [0.717, 1.165) is 21.4 Å². The van der Waals surface area contributed by atoms with Crippen LogP contribution in [-0.2, 0) is 20.9 Å². The second-order valence-electron chi connectivity index (χ2n) is 9.12. The fraction of sp³-hybridized carbons (Fsp3) is 0.143. The Morgan fingerprint density at radius 1 is 0.949 bits per heavy atom. The molecule has 0 spiro atoms. The second-order valence-corrected chi connectivity index (χ2v) is 12.6. The van der Waals surface area contributed by atoms with Gasteiger partial charge in [0.2, 0.25) is 17.7 Å². The third-order valence-corrected chi connectivity index (χ3v) is 10.1. The van der Waals surface area contributed by atoms with Gasteiger partial charge in [-0.25, -0.2) is 4.90 Å². The van der Waals surface area contributed by atoms with E-state index in [1.807, 2.05) is 30.3 Å². The van der Waals surface area contributed by atoms with E-state index in [0.29, 0.717) is 26.3 Å². The number of hydrogen-bond donors (Lipinski definition) is 1. The summed E-state index contributed by atoms with van der Waals surface area (Å²) in [6, 6.07) is 23.1. The average Bonchev–Trinajstić information content (AvgIpc) is 3.36. The molecule has 2 aliphatic rings. The molecular weight excluding hydrogens is 622 g/mol. The first-order valence-electron chi connectivity index (χ1n) is 12.0. The first-order valence-corrected chi connectivity index (χ1v) is 14.8. The van der Waals surface area contributed by atoms with Gasteiger partial charge in [-0.05, 0) is 54.1 Å². The highest BCUT2D eigenvalue weighted by Crippen LogP contribution is 2.54. The zero-order valence-electron chi connectivity index (χ0n) is 20.0. The van der Waals surface area contributed by atoms with Crippen LogP contribution in [0.5, 0.6) is 0 Å². The van der Waals surface area contributed by atoms with Gasteiger partial charge in [0.15, 0.2) is 0 Å². The fourth-order valence-electron chi connectivity index (χ4n) is 5.02. The number of aromatic nitrogens is 1. The van der Waals surface area contributed by atoms with Crippen LogP contribution in [0.2, 0.25) is 5.02 Å². The highest BCUT2D eigenvalue weighted by molar-refractivity contribution is 9.10. The predicted octanol–water partition coefficient (Wildman–Crippen LogP) is 5.76. The number of nitrogens with one attached hydrogen (secondary N) is 1. The Hall–Kier alpha value is -3.18. The van der Waals surface area contributed by atoms with Gasteiger partial charge < -0.3 is 5.32 Å². The Bertz CT molecular complexity index is 1670. The van der Waals surface area contributed by atoms with E-state index in [2.05, 4.69) is 21.2 Å². The number of carbonyl (C=O) groups excluding carboxylic acids is 3. The number of nitrogens with zero attached hydrogens (tertiary/aromatic N) is 2. The van der Waals surface area contributed by atoms with Crippen molar-refractivity contribution >= 4 is 79.7 Å². The lowest BCUT2D eigenvalue weighted by Crippen LogP contribution is -2.33. The number of amides is 3. The molecule has 0 bridgehead atoms. The molecule has 1 aromatic heterocycles. The van der Waals surface area contributed by atoms with E-state index < -0.39 is 17.1 Å². The Morgan fingerprint density at radius 2 is 1.69 bits per heavy atom. The molecule has 3 amide bonds. The number of halogens is 2. The van der Waals surface area contributed by atoms with Crippen molar-refractivity contribution in [3.8, 4) is 0 Å². The number of anilines is 2. The van der Waals surface area contributed by atoms with Crippen LogP contribution in [0.3, 0.4) is 0 Å². The van der Waals surface area contributed by atoms with Gasteiger partial charge >= 0.3 is 4.87 Å². The Kier molecular flexibility index (Phi) is 6.96. The number of fused-ring (bicyclic) bond motifs is 2. The number of thioether (sulfide) groups is 1. The van der Waals surface area contributed by atoms with E-state index in [9.17, 15) is 19.2 Å². The second kappa shape index (κ2) is 10.4. The highest BCUT2D eigenvalue weighted by Gasteiger charge is 2.56. The molecule has 0 saturated carbocycles. The highest BCUT2D eigenvalue weighted by atomic mass is 79.9. The summed E-state index contributed by atoms with van der Waals surface area (Å²) in [6.45, 7) is -0.229. The molecule has 0 aliphatic carbocycles. The standard InChI is InChI=1S/C28H19BrClN3O4S2/c29-16-6-4-5-15(13-16)21-22-23(26(36)33(25(22)35)19-7-2-1-3-8-19)38-27-24(21)39-28(37)32(27)14-20(34)31-18-11-9-17(30)10-12-18/h1-13,21-23H,14H2,(H,31,34)/t21-,22?,23?/m1/s1. The summed E-state index contributed by atoms with van der Waals surface area (Å²) in [7, 11) is 0. The Balaban J connectivity index is 1.41. The molecule has 0 radical (unpaired) electrons. The Morgan fingerprint density at radius 3 is 2.41 bits per heavy atom. The van der Waals surface area contributed by atoms with Gasteiger partial charge in [0.25, 0.3) is 0 Å². The molecule has 39 heavy (non-hydrogen) atoms. The smallest absolute Gasteiger partial charge is 0.308 e.